The first-order valence-corrected chi connectivity index (χ1v) is 16.9. The average Bonchev–Trinajstić information content (AvgIpc) is 3.04. The molecule has 0 radical (unpaired) electrons. The largest absolute Gasteiger partial charge is 0.494 e. The van der Waals surface area contributed by atoms with E-state index in [4.69, 9.17) is 14.2 Å². The van der Waals surface area contributed by atoms with Crippen LogP contribution in [-0.2, 0) is 9.53 Å². The smallest absolute Gasteiger partial charge is 0.391 e. The summed E-state index contributed by atoms with van der Waals surface area (Å²) in [5.74, 6) is -0.936. The van der Waals surface area contributed by atoms with Crippen LogP contribution in [0, 0.1) is 5.92 Å². The van der Waals surface area contributed by atoms with Gasteiger partial charge in [0.15, 0.2) is 0 Å². The lowest BCUT2D eigenvalue weighted by Gasteiger charge is -2.29. The van der Waals surface area contributed by atoms with Gasteiger partial charge in [0.2, 0.25) is 5.60 Å². The van der Waals surface area contributed by atoms with Crippen LogP contribution >= 0.6 is 0 Å². The fourth-order valence-electron chi connectivity index (χ4n) is 5.51. The van der Waals surface area contributed by atoms with Gasteiger partial charge < -0.3 is 14.2 Å². The molecule has 0 saturated carbocycles. The van der Waals surface area contributed by atoms with Gasteiger partial charge in [0, 0.05) is 12.5 Å². The minimum atomic E-state index is -4.18. The van der Waals surface area contributed by atoms with Crippen LogP contribution in [0.4, 0.5) is 13.2 Å². The number of ether oxygens (including phenoxy) is 3. The summed E-state index contributed by atoms with van der Waals surface area (Å²) in [6.45, 7) is 4.74. The molecule has 1 unspecified atom stereocenters. The zero-order chi connectivity index (χ0) is 32.4. The first-order chi connectivity index (χ1) is 21.8. The number of allylic oxidation sites excluding steroid dienone is 2. The van der Waals surface area contributed by atoms with E-state index in [1.807, 2.05) is 37.3 Å². The van der Waals surface area contributed by atoms with E-state index in [0.717, 1.165) is 31.2 Å². The van der Waals surface area contributed by atoms with Crippen molar-refractivity contribution >= 4 is 5.97 Å². The molecule has 2 aromatic rings. The number of unbranched alkanes of at least 4 members (excludes halogenated alkanes) is 8. The van der Waals surface area contributed by atoms with E-state index >= 15 is 0 Å². The summed E-state index contributed by atoms with van der Waals surface area (Å²) in [6, 6.07) is 16.6. The molecule has 4 nitrogen and oxygen atoms in total. The number of hydrogen-bond donors (Lipinski definition) is 0. The van der Waals surface area contributed by atoms with Gasteiger partial charge in [0.25, 0.3) is 0 Å². The summed E-state index contributed by atoms with van der Waals surface area (Å²) < 4.78 is 57.5. The lowest BCUT2D eigenvalue weighted by atomic mass is 9.88. The number of benzene rings is 2. The van der Waals surface area contributed by atoms with Crippen molar-refractivity contribution in [1.29, 1.82) is 0 Å². The van der Waals surface area contributed by atoms with E-state index in [2.05, 4.69) is 19.1 Å². The number of halogens is 3. The van der Waals surface area contributed by atoms with Gasteiger partial charge in [-0.05, 0) is 67.7 Å². The number of rotatable bonds is 21. The highest BCUT2D eigenvalue weighted by Gasteiger charge is 2.39. The van der Waals surface area contributed by atoms with Gasteiger partial charge in [-0.3, -0.25) is 0 Å². The molecule has 0 fully saturated rings. The fraction of sp³-hybridized carbons (Fsp3) is 0.553. The third-order valence-electron chi connectivity index (χ3n) is 8.31. The molecule has 0 saturated heterocycles. The van der Waals surface area contributed by atoms with E-state index in [1.54, 1.807) is 36.4 Å². The molecule has 3 rings (SSSR count). The summed E-state index contributed by atoms with van der Waals surface area (Å²) in [5, 5.41) is 0. The topological polar surface area (TPSA) is 44.8 Å². The van der Waals surface area contributed by atoms with E-state index in [0.29, 0.717) is 30.9 Å². The monoisotopic (exact) mass is 628 g/mol. The van der Waals surface area contributed by atoms with Crippen LogP contribution in [0.15, 0.2) is 78.9 Å². The minimum Gasteiger partial charge on any atom is -0.494 e. The summed E-state index contributed by atoms with van der Waals surface area (Å²) in [5.41, 5.74) is -0.200. The van der Waals surface area contributed by atoms with Crippen LogP contribution in [0.25, 0.3) is 0 Å². The van der Waals surface area contributed by atoms with Crippen LogP contribution in [0.5, 0.6) is 11.5 Å². The summed E-state index contributed by atoms with van der Waals surface area (Å²) in [4.78, 5) is 13.5. The Balaban J connectivity index is 1.54. The van der Waals surface area contributed by atoms with Crippen molar-refractivity contribution in [1.82, 2.24) is 0 Å². The molecule has 1 aliphatic rings. The van der Waals surface area contributed by atoms with Gasteiger partial charge >= 0.3 is 12.1 Å². The highest BCUT2D eigenvalue weighted by Crippen LogP contribution is 2.34. The molecule has 1 aliphatic carbocycles. The van der Waals surface area contributed by atoms with Crippen molar-refractivity contribution in [3.63, 3.8) is 0 Å². The van der Waals surface area contributed by atoms with E-state index < -0.39 is 23.7 Å². The van der Waals surface area contributed by atoms with E-state index in [1.165, 1.54) is 32.1 Å². The zero-order valence-electron chi connectivity index (χ0n) is 27.0. The fourth-order valence-corrected chi connectivity index (χ4v) is 5.51. The van der Waals surface area contributed by atoms with Crippen molar-refractivity contribution in [2.45, 2.75) is 115 Å². The Hall–Kier alpha value is -3.06. The molecule has 0 aliphatic heterocycles. The lowest BCUT2D eigenvalue weighted by molar-refractivity contribution is -0.178. The molecule has 248 valence electrons. The first-order valence-electron chi connectivity index (χ1n) is 16.9. The molecule has 0 N–H and O–H groups in total. The third kappa shape index (κ3) is 12.7. The zero-order valence-corrected chi connectivity index (χ0v) is 27.0. The number of carbonyl (C=O) groups excluding carboxylic acids is 1. The molecule has 2 aromatic carbocycles. The second-order valence-electron chi connectivity index (χ2n) is 12.0. The average molecular weight is 629 g/mol. The highest BCUT2D eigenvalue weighted by molar-refractivity contribution is 5.87. The van der Waals surface area contributed by atoms with Gasteiger partial charge in [-0.25, -0.2) is 4.79 Å². The van der Waals surface area contributed by atoms with Crippen molar-refractivity contribution in [3.05, 3.63) is 84.5 Å². The van der Waals surface area contributed by atoms with E-state index in [9.17, 15) is 18.0 Å². The SMILES string of the molecule is CCCCCCCCCCOC1(C(=O)Oc2ccc(OCCCC(CCCC)C(F)(F)F)cc2)C=CC(c2ccccc2)C=C1. The second kappa shape index (κ2) is 19.5. The number of esters is 1. The molecule has 0 heterocycles. The molecule has 0 spiro atoms. The molecule has 0 bridgehead atoms. The molecular weight excluding hydrogens is 577 g/mol. The van der Waals surface area contributed by atoms with Crippen LogP contribution in [0.1, 0.15) is 109 Å². The Morgan fingerprint density at radius 1 is 0.733 bits per heavy atom. The quantitative estimate of drug-likeness (QED) is 0.0597. The number of alkyl halides is 3. The third-order valence-corrected chi connectivity index (χ3v) is 8.31. The maximum atomic E-state index is 13.5. The molecule has 0 aromatic heterocycles. The van der Waals surface area contributed by atoms with Gasteiger partial charge in [-0.15, -0.1) is 0 Å². The highest BCUT2D eigenvalue weighted by atomic mass is 19.4. The lowest BCUT2D eigenvalue weighted by Crippen LogP contribution is -2.42. The van der Waals surface area contributed by atoms with Crippen LogP contribution in [0.2, 0.25) is 0 Å². The first kappa shape index (κ1) is 36.4. The molecule has 7 heteroatoms. The summed E-state index contributed by atoms with van der Waals surface area (Å²) in [6.07, 6.45) is 14.6. The molecule has 45 heavy (non-hydrogen) atoms. The summed E-state index contributed by atoms with van der Waals surface area (Å²) in [7, 11) is 0. The Morgan fingerprint density at radius 2 is 1.31 bits per heavy atom. The van der Waals surface area contributed by atoms with Crippen LogP contribution in [-0.4, -0.2) is 31.0 Å². The second-order valence-corrected chi connectivity index (χ2v) is 12.0. The van der Waals surface area contributed by atoms with E-state index in [-0.39, 0.29) is 25.4 Å². The Morgan fingerprint density at radius 3 is 1.93 bits per heavy atom. The Labute approximate surface area is 268 Å². The normalized spacial score (nSPS) is 18.6. The van der Waals surface area contributed by atoms with Crippen LogP contribution < -0.4 is 9.47 Å². The molecule has 0 amide bonds. The van der Waals surface area contributed by atoms with Gasteiger partial charge in [-0.2, -0.15) is 13.2 Å². The van der Waals surface area contributed by atoms with Crippen molar-refractivity contribution < 1.29 is 32.2 Å². The molecule has 1 atom stereocenters. The van der Waals surface area contributed by atoms with Crippen molar-refractivity contribution in [3.8, 4) is 11.5 Å². The maximum absolute atomic E-state index is 13.5. The standard InChI is InChI=1S/C38H51F3O4/c1-3-5-7-8-9-10-11-15-30-44-37(27-25-32(26-28-37)31-17-13-12-14-18-31)36(42)45-35-23-21-34(22-24-35)43-29-16-20-33(19-6-4-2)38(39,40)41/h12-14,17-18,21-28,32-33H,3-11,15-16,19-20,29-30H2,1-2H3. The summed E-state index contributed by atoms with van der Waals surface area (Å²) >= 11 is 0. The van der Waals surface area contributed by atoms with Crippen molar-refractivity contribution in [2.24, 2.45) is 5.92 Å². The Kier molecular flexibility index (Phi) is 15.7. The van der Waals surface area contributed by atoms with Gasteiger partial charge in [0.05, 0.1) is 12.5 Å². The van der Waals surface area contributed by atoms with Gasteiger partial charge in [-0.1, -0.05) is 114 Å². The Bertz CT molecular complexity index is 1140. The maximum Gasteiger partial charge on any atom is 0.391 e. The van der Waals surface area contributed by atoms with Gasteiger partial charge in [0.1, 0.15) is 11.5 Å². The molecular formula is C38H51F3O4. The van der Waals surface area contributed by atoms with Crippen LogP contribution in [0.3, 0.4) is 0 Å². The predicted molar refractivity (Wildman–Crippen MR) is 175 cm³/mol. The minimum absolute atomic E-state index is 0.0355. The predicted octanol–water partition coefficient (Wildman–Crippen LogP) is 10.9. The number of carbonyl (C=O) groups is 1. The van der Waals surface area contributed by atoms with Crippen molar-refractivity contribution in [2.75, 3.05) is 13.2 Å². The number of hydrogen-bond acceptors (Lipinski definition) is 4.